The summed E-state index contributed by atoms with van der Waals surface area (Å²) in [6.07, 6.45) is 4.97. The van der Waals surface area contributed by atoms with Gasteiger partial charge >= 0.3 is 6.03 Å². The van der Waals surface area contributed by atoms with Crippen LogP contribution in [0.25, 0.3) is 0 Å². The van der Waals surface area contributed by atoms with Crippen LogP contribution in [0, 0.1) is 0 Å². The van der Waals surface area contributed by atoms with Crippen molar-refractivity contribution in [2.75, 3.05) is 25.6 Å². The summed E-state index contributed by atoms with van der Waals surface area (Å²) in [5.41, 5.74) is 3.56. The van der Waals surface area contributed by atoms with E-state index in [1.165, 1.54) is 6.42 Å². The molecule has 0 aliphatic carbocycles. The maximum absolute atomic E-state index is 12.1. The molecule has 0 radical (unpaired) electrons. The van der Waals surface area contributed by atoms with Gasteiger partial charge in [0.1, 0.15) is 6.61 Å². The molecular weight excluding hydrogens is 296 g/mol. The van der Waals surface area contributed by atoms with Crippen LogP contribution < -0.4 is 15.5 Å². The first-order valence-corrected chi connectivity index (χ1v) is 8.04. The molecule has 0 aromatic carbocycles. The van der Waals surface area contributed by atoms with Crippen LogP contribution in [0.4, 0.5) is 10.5 Å². The van der Waals surface area contributed by atoms with Gasteiger partial charge in [-0.15, -0.1) is 0 Å². The Bertz CT molecular complexity index is 485. The minimum absolute atomic E-state index is 0.250. The van der Waals surface area contributed by atoms with Gasteiger partial charge in [-0.1, -0.05) is 6.42 Å². The Morgan fingerprint density at radius 3 is 2.65 bits per heavy atom. The van der Waals surface area contributed by atoms with Crippen molar-refractivity contribution < 1.29 is 14.3 Å². The maximum Gasteiger partial charge on any atom is 0.333 e. The number of hydrogen-bond donors (Lipinski definition) is 2. The number of anilines is 1. The molecule has 2 atom stereocenters. The van der Waals surface area contributed by atoms with Crippen LogP contribution in [0.3, 0.4) is 0 Å². The van der Waals surface area contributed by atoms with Gasteiger partial charge in [0, 0.05) is 25.3 Å². The number of nitrogens with one attached hydrogen (secondary N) is 2. The van der Waals surface area contributed by atoms with Crippen molar-refractivity contribution >= 4 is 11.7 Å². The molecule has 1 aliphatic rings. The number of methoxy groups -OCH3 is 1. The molecule has 1 fully saturated rings. The highest BCUT2D eigenvalue weighted by atomic mass is 16.5. The fourth-order valence-corrected chi connectivity index (χ4v) is 2.69. The summed E-state index contributed by atoms with van der Waals surface area (Å²) in [5, 5.41) is 4.81. The van der Waals surface area contributed by atoms with Gasteiger partial charge in [0.05, 0.1) is 18.5 Å². The highest BCUT2D eigenvalue weighted by Gasteiger charge is 2.26. The topological polar surface area (TPSA) is 75.7 Å². The molecule has 0 bridgehead atoms. The van der Waals surface area contributed by atoms with Crippen LogP contribution in [0.5, 0.6) is 5.88 Å². The van der Waals surface area contributed by atoms with Gasteiger partial charge in [0.2, 0.25) is 5.88 Å². The third kappa shape index (κ3) is 5.37. The molecule has 2 rings (SSSR count). The highest BCUT2D eigenvalue weighted by molar-refractivity contribution is 5.88. The van der Waals surface area contributed by atoms with Crippen molar-refractivity contribution in [3.63, 3.8) is 0 Å². The lowest BCUT2D eigenvalue weighted by Crippen LogP contribution is -2.55. The summed E-state index contributed by atoms with van der Waals surface area (Å²) >= 11 is 0. The first-order chi connectivity index (χ1) is 11.1. The molecular formula is C16H26N4O3. The van der Waals surface area contributed by atoms with Crippen LogP contribution in [0.2, 0.25) is 0 Å². The van der Waals surface area contributed by atoms with Crippen molar-refractivity contribution in [1.82, 2.24) is 15.4 Å². The van der Waals surface area contributed by atoms with E-state index in [9.17, 15) is 4.79 Å². The largest absolute Gasteiger partial charge is 0.475 e. The Morgan fingerprint density at radius 2 is 2.04 bits per heavy atom. The van der Waals surface area contributed by atoms with Gasteiger partial charge in [-0.2, -0.15) is 0 Å². The summed E-state index contributed by atoms with van der Waals surface area (Å²) in [5.74, 6) is 0.506. The lowest BCUT2D eigenvalue weighted by molar-refractivity contribution is 0.0625. The van der Waals surface area contributed by atoms with Gasteiger partial charge < -0.3 is 14.8 Å². The van der Waals surface area contributed by atoms with E-state index in [0.29, 0.717) is 36.9 Å². The van der Waals surface area contributed by atoms with Gasteiger partial charge in [-0.3, -0.25) is 5.43 Å². The minimum Gasteiger partial charge on any atom is -0.475 e. The fourth-order valence-electron chi connectivity index (χ4n) is 2.69. The van der Waals surface area contributed by atoms with Crippen molar-refractivity contribution in [2.45, 2.75) is 45.2 Å². The van der Waals surface area contributed by atoms with Crippen molar-refractivity contribution in [3.8, 4) is 5.88 Å². The second-order valence-corrected chi connectivity index (χ2v) is 5.83. The van der Waals surface area contributed by atoms with Gasteiger partial charge in [-0.25, -0.2) is 14.8 Å². The van der Waals surface area contributed by atoms with Crippen molar-refractivity contribution in [2.24, 2.45) is 0 Å². The van der Waals surface area contributed by atoms with E-state index in [1.807, 2.05) is 5.01 Å². The molecule has 2 unspecified atom stereocenters. The van der Waals surface area contributed by atoms with Crippen LogP contribution in [0.15, 0.2) is 18.3 Å². The van der Waals surface area contributed by atoms with E-state index >= 15 is 0 Å². The number of pyridine rings is 1. The summed E-state index contributed by atoms with van der Waals surface area (Å²) in [4.78, 5) is 16.3. The lowest BCUT2D eigenvalue weighted by Gasteiger charge is -2.38. The number of hydrogen-bond acceptors (Lipinski definition) is 5. The van der Waals surface area contributed by atoms with Crippen LogP contribution in [-0.4, -0.2) is 48.4 Å². The summed E-state index contributed by atoms with van der Waals surface area (Å²) in [7, 11) is 1.62. The number of rotatable bonds is 6. The number of urea groups is 1. The standard InChI is InChI=1S/C16H26N4O3/c1-12-5-4-6-13(2)20(12)19-16(21)18-14-7-8-15(17-11-14)23-10-9-22-3/h7-8,11-13H,4-6,9-10H2,1-3H3,(H2,18,19,21). The van der Waals surface area contributed by atoms with E-state index in [0.717, 1.165) is 12.8 Å². The number of ether oxygens (including phenoxy) is 2. The molecule has 7 heteroatoms. The quantitative estimate of drug-likeness (QED) is 0.787. The number of piperidine rings is 1. The zero-order chi connectivity index (χ0) is 16.7. The average Bonchev–Trinajstić information content (AvgIpc) is 2.53. The third-order valence-corrected chi connectivity index (χ3v) is 3.96. The van der Waals surface area contributed by atoms with Gasteiger partial charge in [-0.05, 0) is 32.8 Å². The molecule has 0 spiro atoms. The number of carbonyl (C=O) groups is 1. The zero-order valence-electron chi connectivity index (χ0n) is 14.0. The molecule has 1 aromatic rings. The van der Waals surface area contributed by atoms with E-state index < -0.39 is 0 Å². The monoisotopic (exact) mass is 322 g/mol. The van der Waals surface area contributed by atoms with Crippen LogP contribution >= 0.6 is 0 Å². The molecule has 1 aliphatic heterocycles. The normalized spacial score (nSPS) is 21.7. The minimum atomic E-state index is -0.250. The first kappa shape index (κ1) is 17.5. The molecule has 2 heterocycles. The Balaban J connectivity index is 1.82. The number of aromatic nitrogens is 1. The molecule has 7 nitrogen and oxygen atoms in total. The molecule has 128 valence electrons. The Morgan fingerprint density at radius 1 is 1.30 bits per heavy atom. The van der Waals surface area contributed by atoms with E-state index in [4.69, 9.17) is 9.47 Å². The smallest absolute Gasteiger partial charge is 0.333 e. The third-order valence-electron chi connectivity index (χ3n) is 3.96. The SMILES string of the molecule is COCCOc1ccc(NC(=O)NN2C(C)CCCC2C)cn1. The van der Waals surface area contributed by atoms with Gasteiger partial charge in [0.25, 0.3) is 0 Å². The predicted molar refractivity (Wildman–Crippen MR) is 88.4 cm³/mol. The van der Waals surface area contributed by atoms with E-state index in [-0.39, 0.29) is 6.03 Å². The molecule has 0 saturated carbocycles. The number of hydrazine groups is 1. The molecule has 1 saturated heterocycles. The van der Waals surface area contributed by atoms with Crippen molar-refractivity contribution in [1.29, 1.82) is 0 Å². The van der Waals surface area contributed by atoms with Crippen LogP contribution in [-0.2, 0) is 4.74 Å². The second-order valence-electron chi connectivity index (χ2n) is 5.83. The fraction of sp³-hybridized carbons (Fsp3) is 0.625. The predicted octanol–water partition coefficient (Wildman–Crippen LogP) is 2.41. The number of nitrogens with zero attached hydrogens (tertiary/aromatic N) is 2. The first-order valence-electron chi connectivity index (χ1n) is 8.04. The lowest BCUT2D eigenvalue weighted by atomic mass is 10.00. The Kier molecular flexibility index (Phi) is 6.61. The molecule has 2 amide bonds. The van der Waals surface area contributed by atoms with E-state index in [2.05, 4.69) is 29.6 Å². The zero-order valence-corrected chi connectivity index (χ0v) is 14.0. The number of amides is 2. The maximum atomic E-state index is 12.1. The second kappa shape index (κ2) is 8.69. The van der Waals surface area contributed by atoms with Gasteiger partial charge in [0.15, 0.2) is 0 Å². The molecule has 1 aromatic heterocycles. The molecule has 23 heavy (non-hydrogen) atoms. The summed E-state index contributed by atoms with van der Waals surface area (Å²) in [6, 6.07) is 3.92. The Hall–Kier alpha value is -1.86. The number of carbonyl (C=O) groups excluding carboxylic acids is 1. The summed E-state index contributed by atoms with van der Waals surface area (Å²) in [6.45, 7) is 5.21. The molecule has 2 N–H and O–H groups in total. The highest BCUT2D eigenvalue weighted by Crippen LogP contribution is 2.20. The summed E-state index contributed by atoms with van der Waals surface area (Å²) < 4.78 is 10.3. The average molecular weight is 322 g/mol. The van der Waals surface area contributed by atoms with E-state index in [1.54, 1.807) is 25.4 Å². The Labute approximate surface area is 137 Å². The van der Waals surface area contributed by atoms with Crippen molar-refractivity contribution in [3.05, 3.63) is 18.3 Å². The van der Waals surface area contributed by atoms with Crippen LogP contribution in [0.1, 0.15) is 33.1 Å².